The van der Waals surface area contributed by atoms with Gasteiger partial charge in [0.2, 0.25) is 0 Å². The van der Waals surface area contributed by atoms with E-state index < -0.39 is 21.9 Å². The Morgan fingerprint density at radius 1 is 0.906 bits per heavy atom. The summed E-state index contributed by atoms with van der Waals surface area (Å²) in [7, 11) is 0. The van der Waals surface area contributed by atoms with Crippen molar-refractivity contribution in [1.29, 1.82) is 0 Å². The van der Waals surface area contributed by atoms with Crippen LogP contribution in [0.1, 0.15) is 22.6 Å². The quantitative estimate of drug-likeness (QED) is 0.366. The predicted octanol–water partition coefficient (Wildman–Crippen LogP) is 4.22. The van der Waals surface area contributed by atoms with Crippen LogP contribution >= 0.6 is 0 Å². The summed E-state index contributed by atoms with van der Waals surface area (Å²) >= 11 is 0. The Morgan fingerprint density at radius 3 is 2.22 bits per heavy atom. The zero-order valence-corrected chi connectivity index (χ0v) is 17.5. The fourth-order valence-corrected chi connectivity index (χ4v) is 3.76. The van der Waals surface area contributed by atoms with Crippen LogP contribution in [0.2, 0.25) is 0 Å². The van der Waals surface area contributed by atoms with Crippen LogP contribution in [-0.2, 0) is 0 Å². The van der Waals surface area contributed by atoms with E-state index in [4.69, 9.17) is 0 Å². The Morgan fingerprint density at radius 2 is 1.56 bits per heavy atom. The molecule has 2 aromatic heterocycles. The highest BCUT2D eigenvalue weighted by atomic mass is 16.6. The summed E-state index contributed by atoms with van der Waals surface area (Å²) in [6, 6.07) is 20.2. The highest BCUT2D eigenvalue weighted by molar-refractivity contribution is 5.73. The van der Waals surface area contributed by atoms with Gasteiger partial charge in [-0.1, -0.05) is 48.5 Å². The maximum absolute atomic E-state index is 11.8. The third-order valence-electron chi connectivity index (χ3n) is 5.26. The van der Waals surface area contributed by atoms with Gasteiger partial charge in [-0.15, -0.1) is 0 Å². The van der Waals surface area contributed by atoms with E-state index in [1.165, 1.54) is 6.08 Å². The van der Waals surface area contributed by atoms with E-state index in [0.29, 0.717) is 0 Å². The van der Waals surface area contributed by atoms with Gasteiger partial charge >= 0.3 is 16.9 Å². The summed E-state index contributed by atoms with van der Waals surface area (Å²) in [5.74, 6) is 0. The van der Waals surface area contributed by atoms with E-state index in [1.54, 1.807) is 6.08 Å². The Labute approximate surface area is 182 Å². The number of hydrogen-bond acceptors (Lipinski definition) is 4. The lowest BCUT2D eigenvalue weighted by atomic mass is 10.1. The molecule has 0 saturated heterocycles. The van der Waals surface area contributed by atoms with Crippen molar-refractivity contribution in [3.05, 3.63) is 114 Å². The monoisotopic (exact) mass is 428 g/mol. The van der Waals surface area contributed by atoms with Crippen molar-refractivity contribution in [1.82, 2.24) is 14.5 Å². The topological polar surface area (TPSA) is 114 Å². The van der Waals surface area contributed by atoms with Crippen LogP contribution in [0.25, 0.3) is 29.0 Å². The minimum atomic E-state index is -1.04. The number of nitro groups is 1. The van der Waals surface area contributed by atoms with Crippen molar-refractivity contribution in [2.24, 2.45) is 0 Å². The van der Waals surface area contributed by atoms with Gasteiger partial charge in [-0.05, 0) is 54.8 Å². The maximum Gasteiger partial charge on any atom is 0.357 e. The second-order valence-electron chi connectivity index (χ2n) is 7.34. The Kier molecular flexibility index (Phi) is 5.43. The van der Waals surface area contributed by atoms with Crippen molar-refractivity contribution in [2.75, 3.05) is 0 Å². The average molecular weight is 428 g/mol. The smallest absolute Gasteiger partial charge is 0.318 e. The molecule has 0 aliphatic rings. The molecule has 160 valence electrons. The fraction of sp³-hybridized carbons (Fsp3) is 0.0833. The molecule has 0 saturated carbocycles. The molecule has 2 aromatic carbocycles. The highest BCUT2D eigenvalue weighted by Crippen LogP contribution is 2.26. The van der Waals surface area contributed by atoms with Crippen LogP contribution in [0.4, 0.5) is 5.69 Å². The predicted molar refractivity (Wildman–Crippen MR) is 124 cm³/mol. The number of H-pyrrole nitrogens is 2. The number of aromatic nitrogens is 3. The lowest BCUT2D eigenvalue weighted by molar-refractivity contribution is -0.386. The molecule has 4 rings (SSSR count). The summed E-state index contributed by atoms with van der Waals surface area (Å²) in [6.07, 6.45) is 3.02. The minimum absolute atomic E-state index is 0.152. The van der Waals surface area contributed by atoms with Gasteiger partial charge in [0.25, 0.3) is 0 Å². The third-order valence-corrected chi connectivity index (χ3v) is 5.26. The molecule has 0 amide bonds. The molecule has 0 bridgehead atoms. The molecule has 8 nitrogen and oxygen atoms in total. The summed E-state index contributed by atoms with van der Waals surface area (Å²) in [4.78, 5) is 38.0. The van der Waals surface area contributed by atoms with E-state index in [1.807, 2.05) is 55.2 Å². The second kappa shape index (κ2) is 8.35. The molecule has 2 heterocycles. The molecule has 32 heavy (non-hydrogen) atoms. The normalized spacial score (nSPS) is 11.2. The molecule has 0 aliphatic heterocycles. The summed E-state index contributed by atoms with van der Waals surface area (Å²) < 4.78 is 2.07. The van der Waals surface area contributed by atoms with E-state index in [2.05, 4.69) is 33.8 Å². The van der Waals surface area contributed by atoms with E-state index in [-0.39, 0.29) is 5.69 Å². The largest absolute Gasteiger partial charge is 0.357 e. The highest BCUT2D eigenvalue weighted by Gasteiger charge is 2.19. The van der Waals surface area contributed by atoms with Gasteiger partial charge in [-0.25, -0.2) is 4.79 Å². The molecule has 8 heteroatoms. The first-order valence-electron chi connectivity index (χ1n) is 9.89. The van der Waals surface area contributed by atoms with Gasteiger partial charge in [-0.2, -0.15) is 0 Å². The lowest BCUT2D eigenvalue weighted by Gasteiger charge is -2.11. The lowest BCUT2D eigenvalue weighted by Crippen LogP contribution is -2.25. The number of aryl methyl sites for hydroxylation is 1. The molecule has 0 spiro atoms. The average Bonchev–Trinajstić information content (AvgIpc) is 3.05. The third kappa shape index (κ3) is 3.93. The first kappa shape index (κ1) is 20.8. The van der Waals surface area contributed by atoms with E-state index in [9.17, 15) is 19.7 Å². The molecule has 0 aliphatic carbocycles. The van der Waals surface area contributed by atoms with E-state index in [0.717, 1.165) is 33.8 Å². The van der Waals surface area contributed by atoms with Crippen molar-refractivity contribution in [2.45, 2.75) is 13.8 Å². The number of hydrogen-bond donors (Lipinski definition) is 2. The number of aromatic amines is 2. The number of benzene rings is 2. The van der Waals surface area contributed by atoms with Crippen LogP contribution in [0, 0.1) is 24.0 Å². The number of rotatable bonds is 5. The van der Waals surface area contributed by atoms with Gasteiger partial charge < -0.3 is 9.55 Å². The molecule has 0 radical (unpaired) electrons. The number of nitrogens with zero attached hydrogens (tertiary/aromatic N) is 2. The zero-order chi connectivity index (χ0) is 22.8. The van der Waals surface area contributed by atoms with Crippen LogP contribution in [0.5, 0.6) is 0 Å². The van der Waals surface area contributed by atoms with Crippen molar-refractivity contribution >= 4 is 17.8 Å². The van der Waals surface area contributed by atoms with Crippen molar-refractivity contribution in [3.63, 3.8) is 0 Å². The van der Waals surface area contributed by atoms with Crippen LogP contribution in [0.15, 0.2) is 70.3 Å². The Balaban J connectivity index is 1.70. The van der Waals surface area contributed by atoms with Crippen LogP contribution in [-0.4, -0.2) is 19.5 Å². The van der Waals surface area contributed by atoms with Gasteiger partial charge in [-0.3, -0.25) is 19.9 Å². The van der Waals surface area contributed by atoms with Crippen LogP contribution in [0.3, 0.4) is 0 Å². The summed E-state index contributed by atoms with van der Waals surface area (Å²) in [6.45, 7) is 3.90. The fourth-order valence-electron chi connectivity index (χ4n) is 3.76. The molecule has 0 fully saturated rings. The molecule has 0 atom stereocenters. The molecule has 4 aromatic rings. The first-order valence-corrected chi connectivity index (χ1v) is 9.89. The molecule has 2 N–H and O–H groups in total. The maximum atomic E-state index is 11.8. The first-order chi connectivity index (χ1) is 15.3. The summed E-state index contributed by atoms with van der Waals surface area (Å²) in [5.41, 5.74) is 3.24. The van der Waals surface area contributed by atoms with Crippen molar-refractivity contribution < 1.29 is 4.92 Å². The van der Waals surface area contributed by atoms with Crippen molar-refractivity contribution in [3.8, 4) is 16.8 Å². The summed E-state index contributed by atoms with van der Waals surface area (Å²) in [5, 5.41) is 11.2. The number of nitrogens with one attached hydrogen (secondary N) is 2. The minimum Gasteiger partial charge on any atom is -0.318 e. The van der Waals surface area contributed by atoms with Gasteiger partial charge in [0.15, 0.2) is 0 Å². The van der Waals surface area contributed by atoms with Crippen LogP contribution < -0.4 is 11.2 Å². The van der Waals surface area contributed by atoms with E-state index >= 15 is 0 Å². The second-order valence-corrected chi connectivity index (χ2v) is 7.34. The standard InChI is InChI=1S/C24H20N4O4/c1-15-14-19(10-13-21-22(28(31)32)23(29)26-24(30)25-21)16(2)27(15)20-11-8-18(9-12-20)17-6-4-3-5-7-17/h3-14H,1-2H3,(H2,25,26,29,30)/b13-10+. The molecule has 0 unspecified atom stereocenters. The Hall–Kier alpha value is -4.46. The van der Waals surface area contributed by atoms with Gasteiger partial charge in [0.05, 0.1) is 4.92 Å². The SMILES string of the molecule is Cc1cc(/C=C/c2[nH]c(=O)[nH]c(=O)c2[N+](=O)[O-])c(C)n1-c1ccc(-c2ccccc2)cc1. The molecular weight excluding hydrogens is 408 g/mol. The molecular formula is C24H20N4O4. The van der Waals surface area contributed by atoms with Gasteiger partial charge in [0, 0.05) is 17.1 Å². The Bertz CT molecular complexity index is 1440. The zero-order valence-electron chi connectivity index (χ0n) is 17.5. The van der Waals surface area contributed by atoms with Gasteiger partial charge in [0.1, 0.15) is 5.69 Å².